The van der Waals surface area contributed by atoms with Gasteiger partial charge in [-0.1, -0.05) is 22.0 Å². The van der Waals surface area contributed by atoms with Crippen molar-refractivity contribution in [3.8, 4) is 11.8 Å². The second-order valence-electron chi connectivity index (χ2n) is 6.25. The molecule has 6 nitrogen and oxygen atoms in total. The highest BCUT2D eigenvalue weighted by Gasteiger charge is 2.31. The Morgan fingerprint density at radius 1 is 1.50 bits per heavy atom. The molecule has 1 atom stereocenters. The molecule has 2 heterocycles. The van der Waals surface area contributed by atoms with Gasteiger partial charge in [0.2, 0.25) is 5.91 Å². The maximum Gasteiger partial charge on any atom is 0.287 e. The fraction of sp³-hybridized carbons (Fsp3) is 0.368. The molecule has 2 amide bonds. The van der Waals surface area contributed by atoms with E-state index in [0.717, 1.165) is 21.5 Å². The second-order valence-corrected chi connectivity index (χ2v) is 7.17. The summed E-state index contributed by atoms with van der Waals surface area (Å²) >= 11 is 3.44. The van der Waals surface area contributed by atoms with Crippen LogP contribution in [0.25, 0.3) is 0 Å². The zero-order valence-corrected chi connectivity index (χ0v) is 16.0. The number of fused-ring (bicyclic) bond motifs is 1. The number of hydrogen-bond acceptors (Lipinski definition) is 4. The van der Waals surface area contributed by atoms with Crippen LogP contribution < -0.4 is 4.74 Å². The maximum atomic E-state index is 12.6. The van der Waals surface area contributed by atoms with Gasteiger partial charge in [-0.15, -0.1) is 0 Å². The average Bonchev–Trinajstić information content (AvgIpc) is 2.65. The smallest absolute Gasteiger partial charge is 0.287 e. The summed E-state index contributed by atoms with van der Waals surface area (Å²) in [6.45, 7) is 1.01. The average molecular weight is 416 g/mol. The number of benzene rings is 1. The van der Waals surface area contributed by atoms with E-state index >= 15 is 0 Å². The number of carbonyl (C=O) groups is 2. The first-order valence-corrected chi connectivity index (χ1v) is 9.15. The van der Waals surface area contributed by atoms with Crippen molar-refractivity contribution in [1.82, 2.24) is 4.90 Å². The van der Waals surface area contributed by atoms with Crippen molar-refractivity contribution in [3.05, 3.63) is 39.9 Å². The van der Waals surface area contributed by atoms with Gasteiger partial charge in [-0.05, 0) is 30.2 Å². The Hall–Kier alpha value is -2.46. The van der Waals surface area contributed by atoms with Crippen LogP contribution in [-0.4, -0.2) is 42.6 Å². The molecule has 0 bridgehead atoms. The zero-order chi connectivity index (χ0) is 18.7. The minimum Gasteiger partial charge on any atom is -0.496 e. The van der Waals surface area contributed by atoms with E-state index in [1.54, 1.807) is 18.1 Å². The summed E-state index contributed by atoms with van der Waals surface area (Å²) in [5.74, 6) is 0.206. The van der Waals surface area contributed by atoms with Crippen LogP contribution in [0, 0.1) is 17.2 Å². The SMILES string of the molecule is COc1ccc(Br)cc1CCC(=O)N1CCC2=NC(=O)C(C#N)=CC2C1. The van der Waals surface area contributed by atoms with Crippen molar-refractivity contribution in [3.63, 3.8) is 0 Å². The van der Waals surface area contributed by atoms with E-state index in [4.69, 9.17) is 10.00 Å². The molecule has 0 aliphatic carbocycles. The van der Waals surface area contributed by atoms with E-state index in [-0.39, 0.29) is 17.4 Å². The highest BCUT2D eigenvalue weighted by atomic mass is 79.9. The molecule has 134 valence electrons. The molecule has 1 aromatic carbocycles. The van der Waals surface area contributed by atoms with Gasteiger partial charge in [0.1, 0.15) is 17.4 Å². The van der Waals surface area contributed by atoms with Crippen LogP contribution in [-0.2, 0) is 16.0 Å². The Kier molecular flexibility index (Phi) is 5.52. The van der Waals surface area contributed by atoms with Crippen LogP contribution in [0.1, 0.15) is 18.4 Å². The third-order valence-corrected chi connectivity index (χ3v) is 5.14. The summed E-state index contributed by atoms with van der Waals surface area (Å²) in [7, 11) is 1.61. The number of rotatable bonds is 4. The topological polar surface area (TPSA) is 82.8 Å². The number of halogens is 1. The lowest BCUT2D eigenvalue weighted by Gasteiger charge is -2.34. The second kappa shape index (κ2) is 7.83. The van der Waals surface area contributed by atoms with Gasteiger partial charge in [-0.25, -0.2) is 4.99 Å². The van der Waals surface area contributed by atoms with Crippen LogP contribution in [0.15, 0.2) is 39.3 Å². The van der Waals surface area contributed by atoms with E-state index in [1.807, 2.05) is 24.3 Å². The third-order valence-electron chi connectivity index (χ3n) is 4.65. The molecule has 0 aromatic heterocycles. The van der Waals surface area contributed by atoms with E-state index in [1.165, 1.54) is 0 Å². The predicted molar refractivity (Wildman–Crippen MR) is 99.8 cm³/mol. The number of nitriles is 1. The predicted octanol–water partition coefficient (Wildman–Crippen LogP) is 2.67. The molecule has 0 saturated carbocycles. The Morgan fingerprint density at radius 2 is 2.31 bits per heavy atom. The molecule has 26 heavy (non-hydrogen) atoms. The fourth-order valence-corrected chi connectivity index (χ4v) is 3.68. The van der Waals surface area contributed by atoms with Crippen molar-refractivity contribution < 1.29 is 14.3 Å². The van der Waals surface area contributed by atoms with Crippen LogP contribution in [0.5, 0.6) is 5.75 Å². The summed E-state index contributed by atoms with van der Waals surface area (Å²) in [6.07, 6.45) is 3.17. The Balaban J connectivity index is 1.64. The van der Waals surface area contributed by atoms with E-state index in [2.05, 4.69) is 20.9 Å². The summed E-state index contributed by atoms with van der Waals surface area (Å²) in [5, 5.41) is 9.00. The van der Waals surface area contributed by atoms with Crippen LogP contribution >= 0.6 is 15.9 Å². The first-order valence-electron chi connectivity index (χ1n) is 8.35. The van der Waals surface area contributed by atoms with Crippen LogP contribution in [0.2, 0.25) is 0 Å². The number of piperidine rings is 1. The van der Waals surface area contributed by atoms with Gasteiger partial charge in [0, 0.05) is 42.0 Å². The molecule has 2 aliphatic heterocycles. The third kappa shape index (κ3) is 3.86. The Morgan fingerprint density at radius 3 is 3.04 bits per heavy atom. The maximum absolute atomic E-state index is 12.6. The Labute approximate surface area is 160 Å². The molecule has 3 rings (SSSR count). The van der Waals surface area contributed by atoms with Gasteiger partial charge in [-0.2, -0.15) is 5.26 Å². The standard InChI is InChI=1S/C19H18BrN3O3/c1-26-17-4-3-15(20)9-12(17)2-5-18(24)23-7-6-16-14(11-23)8-13(10-21)19(25)22-16/h3-4,8-9,14H,2,5-7,11H2,1H3. The number of amides is 2. The number of likely N-dealkylation sites (tertiary alicyclic amines) is 1. The molecule has 1 unspecified atom stereocenters. The molecule has 7 heteroatoms. The van der Waals surface area contributed by atoms with Crippen molar-refractivity contribution in [2.24, 2.45) is 10.9 Å². The number of aliphatic imine (C=N–C) groups is 1. The molecular weight excluding hydrogens is 398 g/mol. The molecule has 1 saturated heterocycles. The molecule has 1 aromatic rings. The molecule has 2 aliphatic rings. The van der Waals surface area contributed by atoms with Gasteiger partial charge in [0.05, 0.1) is 7.11 Å². The number of hydrogen-bond donors (Lipinski definition) is 0. The molecular formula is C19H18BrN3O3. The van der Waals surface area contributed by atoms with Crippen molar-refractivity contribution in [2.75, 3.05) is 20.2 Å². The van der Waals surface area contributed by atoms with E-state index in [0.29, 0.717) is 32.4 Å². The molecule has 0 spiro atoms. The minimum atomic E-state index is -0.472. The number of methoxy groups -OCH3 is 1. The normalized spacial score (nSPS) is 19.2. The lowest BCUT2D eigenvalue weighted by atomic mass is 9.90. The molecule has 0 radical (unpaired) electrons. The lowest BCUT2D eigenvalue weighted by molar-refractivity contribution is -0.131. The quantitative estimate of drug-likeness (QED) is 0.756. The van der Waals surface area contributed by atoms with Crippen molar-refractivity contribution in [1.29, 1.82) is 5.26 Å². The molecule has 1 fully saturated rings. The molecule has 0 N–H and O–H groups in total. The summed E-state index contributed by atoms with van der Waals surface area (Å²) < 4.78 is 6.30. The first-order chi connectivity index (χ1) is 12.5. The largest absolute Gasteiger partial charge is 0.496 e. The van der Waals surface area contributed by atoms with Gasteiger partial charge in [0.25, 0.3) is 5.91 Å². The minimum absolute atomic E-state index is 0.0508. The number of dihydropyridines is 1. The fourth-order valence-electron chi connectivity index (χ4n) is 3.27. The first kappa shape index (κ1) is 18.3. The van der Waals surface area contributed by atoms with Crippen LogP contribution in [0.4, 0.5) is 0 Å². The zero-order valence-electron chi connectivity index (χ0n) is 14.4. The highest BCUT2D eigenvalue weighted by Crippen LogP contribution is 2.26. The number of carbonyl (C=O) groups excluding carboxylic acids is 2. The number of aryl methyl sites for hydroxylation is 1. The number of ether oxygens (including phenoxy) is 1. The van der Waals surface area contributed by atoms with Crippen molar-refractivity contribution in [2.45, 2.75) is 19.3 Å². The Bertz CT molecular complexity index is 854. The lowest BCUT2D eigenvalue weighted by Crippen LogP contribution is -2.45. The summed E-state index contributed by atoms with van der Waals surface area (Å²) in [5.41, 5.74) is 1.81. The van der Waals surface area contributed by atoms with Gasteiger partial charge < -0.3 is 9.64 Å². The summed E-state index contributed by atoms with van der Waals surface area (Å²) in [4.78, 5) is 30.1. The van der Waals surface area contributed by atoms with E-state index in [9.17, 15) is 9.59 Å². The van der Waals surface area contributed by atoms with Gasteiger partial charge >= 0.3 is 0 Å². The van der Waals surface area contributed by atoms with Crippen LogP contribution in [0.3, 0.4) is 0 Å². The highest BCUT2D eigenvalue weighted by molar-refractivity contribution is 9.10. The van der Waals surface area contributed by atoms with Gasteiger partial charge in [-0.3, -0.25) is 9.59 Å². The monoisotopic (exact) mass is 415 g/mol. The van der Waals surface area contributed by atoms with E-state index < -0.39 is 5.91 Å². The van der Waals surface area contributed by atoms with Gasteiger partial charge in [0.15, 0.2) is 0 Å². The summed E-state index contributed by atoms with van der Waals surface area (Å²) in [6, 6.07) is 7.62. The number of nitrogens with zero attached hydrogens (tertiary/aromatic N) is 3. The van der Waals surface area contributed by atoms with Crippen molar-refractivity contribution >= 4 is 33.5 Å².